The summed E-state index contributed by atoms with van der Waals surface area (Å²) in [5.41, 5.74) is 0. The van der Waals surface area contributed by atoms with Gasteiger partial charge < -0.3 is 4.79 Å². The first-order valence-electron chi connectivity index (χ1n) is 4.90. The molecule has 0 spiro atoms. The SMILES string of the molecule is CCN1C(C)CC(C=O)CC1C. The van der Waals surface area contributed by atoms with Gasteiger partial charge in [-0.15, -0.1) is 0 Å². The number of hydrogen-bond donors (Lipinski definition) is 0. The molecule has 0 aromatic rings. The van der Waals surface area contributed by atoms with Gasteiger partial charge in [0.25, 0.3) is 0 Å². The van der Waals surface area contributed by atoms with Gasteiger partial charge in [0.15, 0.2) is 0 Å². The van der Waals surface area contributed by atoms with Crippen LogP contribution in [0.1, 0.15) is 33.6 Å². The Morgan fingerprint density at radius 2 is 1.83 bits per heavy atom. The molecule has 1 aliphatic heterocycles. The van der Waals surface area contributed by atoms with E-state index in [1.807, 2.05) is 0 Å². The summed E-state index contributed by atoms with van der Waals surface area (Å²) in [6.07, 6.45) is 3.21. The van der Waals surface area contributed by atoms with Crippen molar-refractivity contribution >= 4 is 6.29 Å². The molecule has 12 heavy (non-hydrogen) atoms. The van der Waals surface area contributed by atoms with Gasteiger partial charge in [0.2, 0.25) is 0 Å². The third-order valence-electron chi connectivity index (χ3n) is 2.98. The van der Waals surface area contributed by atoms with E-state index in [9.17, 15) is 4.79 Å². The maximum absolute atomic E-state index is 10.6. The van der Waals surface area contributed by atoms with E-state index >= 15 is 0 Å². The van der Waals surface area contributed by atoms with E-state index in [1.54, 1.807) is 0 Å². The zero-order valence-electron chi connectivity index (χ0n) is 8.29. The fourth-order valence-electron chi connectivity index (χ4n) is 2.41. The number of aldehydes is 1. The fraction of sp³-hybridized carbons (Fsp3) is 0.900. The molecular formula is C10H19NO. The molecule has 0 N–H and O–H groups in total. The van der Waals surface area contributed by atoms with Crippen LogP contribution in [0.25, 0.3) is 0 Å². The highest BCUT2D eigenvalue weighted by atomic mass is 16.1. The Bertz CT molecular complexity index is 146. The van der Waals surface area contributed by atoms with Gasteiger partial charge >= 0.3 is 0 Å². The molecule has 0 amide bonds. The number of likely N-dealkylation sites (tertiary alicyclic amines) is 1. The van der Waals surface area contributed by atoms with E-state index in [4.69, 9.17) is 0 Å². The molecule has 2 heteroatoms. The standard InChI is InChI=1S/C10H19NO/c1-4-11-8(2)5-10(7-12)6-9(11)3/h7-10H,4-6H2,1-3H3. The third kappa shape index (κ3) is 1.86. The van der Waals surface area contributed by atoms with Crippen molar-refractivity contribution in [3.05, 3.63) is 0 Å². The number of rotatable bonds is 2. The summed E-state index contributed by atoms with van der Waals surface area (Å²) < 4.78 is 0. The van der Waals surface area contributed by atoms with Gasteiger partial charge in [0.05, 0.1) is 0 Å². The second kappa shape index (κ2) is 4.04. The first-order valence-corrected chi connectivity index (χ1v) is 4.90. The first-order chi connectivity index (χ1) is 5.69. The molecule has 0 radical (unpaired) electrons. The minimum atomic E-state index is 0.304. The van der Waals surface area contributed by atoms with Crippen LogP contribution in [0.3, 0.4) is 0 Å². The average molecular weight is 169 g/mol. The Hall–Kier alpha value is -0.370. The highest BCUT2D eigenvalue weighted by Gasteiger charge is 2.28. The van der Waals surface area contributed by atoms with Crippen molar-refractivity contribution in [1.82, 2.24) is 4.90 Å². The van der Waals surface area contributed by atoms with Crippen LogP contribution >= 0.6 is 0 Å². The van der Waals surface area contributed by atoms with Crippen LogP contribution in [-0.2, 0) is 4.79 Å². The van der Waals surface area contributed by atoms with Gasteiger partial charge in [0, 0.05) is 18.0 Å². The molecule has 0 bridgehead atoms. The molecule has 1 fully saturated rings. The second-order valence-electron chi connectivity index (χ2n) is 3.90. The quantitative estimate of drug-likeness (QED) is 0.586. The third-order valence-corrected chi connectivity index (χ3v) is 2.98. The number of piperidine rings is 1. The van der Waals surface area contributed by atoms with Crippen molar-refractivity contribution in [2.45, 2.75) is 45.7 Å². The van der Waals surface area contributed by atoms with Crippen molar-refractivity contribution in [3.63, 3.8) is 0 Å². The first kappa shape index (κ1) is 9.72. The summed E-state index contributed by atoms with van der Waals surface area (Å²) >= 11 is 0. The highest BCUT2D eigenvalue weighted by Crippen LogP contribution is 2.25. The lowest BCUT2D eigenvalue weighted by molar-refractivity contribution is -0.113. The molecule has 1 heterocycles. The van der Waals surface area contributed by atoms with Gasteiger partial charge in [-0.25, -0.2) is 0 Å². The van der Waals surface area contributed by atoms with Gasteiger partial charge in [-0.05, 0) is 33.2 Å². The Morgan fingerprint density at radius 3 is 2.17 bits per heavy atom. The van der Waals surface area contributed by atoms with E-state index in [2.05, 4.69) is 25.7 Å². The Morgan fingerprint density at radius 1 is 1.33 bits per heavy atom. The summed E-state index contributed by atoms with van der Waals surface area (Å²) in [6.45, 7) is 7.73. The molecule has 0 aromatic heterocycles. The minimum absolute atomic E-state index is 0.304. The predicted molar refractivity (Wildman–Crippen MR) is 50.1 cm³/mol. The number of carbonyl (C=O) groups is 1. The Balaban J connectivity index is 2.56. The maximum Gasteiger partial charge on any atom is 0.123 e. The van der Waals surface area contributed by atoms with Crippen molar-refractivity contribution in [3.8, 4) is 0 Å². The number of nitrogens with zero attached hydrogens (tertiary/aromatic N) is 1. The van der Waals surface area contributed by atoms with E-state index in [1.165, 1.54) is 0 Å². The summed E-state index contributed by atoms with van der Waals surface area (Å²) in [5, 5.41) is 0. The molecule has 1 saturated heterocycles. The highest BCUT2D eigenvalue weighted by molar-refractivity contribution is 5.53. The van der Waals surface area contributed by atoms with Crippen LogP contribution in [0.4, 0.5) is 0 Å². The largest absolute Gasteiger partial charge is 0.303 e. The zero-order chi connectivity index (χ0) is 9.14. The summed E-state index contributed by atoms with van der Waals surface area (Å²) in [6, 6.07) is 1.16. The van der Waals surface area contributed by atoms with Crippen LogP contribution in [0.5, 0.6) is 0 Å². The van der Waals surface area contributed by atoms with Crippen molar-refractivity contribution in [2.75, 3.05) is 6.54 Å². The molecule has 2 atom stereocenters. The van der Waals surface area contributed by atoms with Gasteiger partial charge in [-0.2, -0.15) is 0 Å². The Kier molecular flexibility index (Phi) is 3.27. The summed E-state index contributed by atoms with van der Waals surface area (Å²) in [7, 11) is 0. The normalized spacial score (nSPS) is 38.1. The van der Waals surface area contributed by atoms with E-state index in [-0.39, 0.29) is 0 Å². The predicted octanol–water partition coefficient (Wildman–Crippen LogP) is 1.69. The lowest BCUT2D eigenvalue weighted by Gasteiger charge is -2.40. The summed E-state index contributed by atoms with van der Waals surface area (Å²) in [4.78, 5) is 13.1. The fourth-order valence-corrected chi connectivity index (χ4v) is 2.41. The van der Waals surface area contributed by atoms with Crippen LogP contribution in [0, 0.1) is 5.92 Å². The van der Waals surface area contributed by atoms with Crippen LogP contribution in [0.2, 0.25) is 0 Å². The molecule has 70 valence electrons. The molecule has 1 aliphatic rings. The van der Waals surface area contributed by atoms with Gasteiger partial charge in [-0.1, -0.05) is 6.92 Å². The van der Waals surface area contributed by atoms with Crippen LogP contribution in [-0.4, -0.2) is 29.8 Å². The molecule has 0 saturated carbocycles. The molecular weight excluding hydrogens is 150 g/mol. The van der Waals surface area contributed by atoms with E-state index in [0.717, 1.165) is 25.7 Å². The smallest absolute Gasteiger partial charge is 0.123 e. The minimum Gasteiger partial charge on any atom is -0.303 e. The second-order valence-corrected chi connectivity index (χ2v) is 3.90. The zero-order valence-corrected chi connectivity index (χ0v) is 8.29. The van der Waals surface area contributed by atoms with E-state index in [0.29, 0.717) is 18.0 Å². The molecule has 0 aliphatic carbocycles. The van der Waals surface area contributed by atoms with Crippen molar-refractivity contribution in [2.24, 2.45) is 5.92 Å². The lowest BCUT2D eigenvalue weighted by Crippen LogP contribution is -2.46. The van der Waals surface area contributed by atoms with Crippen molar-refractivity contribution in [1.29, 1.82) is 0 Å². The van der Waals surface area contributed by atoms with E-state index < -0.39 is 0 Å². The molecule has 2 nitrogen and oxygen atoms in total. The van der Waals surface area contributed by atoms with Gasteiger partial charge in [-0.3, -0.25) is 4.90 Å². The monoisotopic (exact) mass is 169 g/mol. The summed E-state index contributed by atoms with van der Waals surface area (Å²) in [5.74, 6) is 0.304. The van der Waals surface area contributed by atoms with Crippen molar-refractivity contribution < 1.29 is 4.79 Å². The maximum atomic E-state index is 10.6. The number of carbonyl (C=O) groups excluding carboxylic acids is 1. The van der Waals surface area contributed by atoms with Crippen LogP contribution in [0.15, 0.2) is 0 Å². The lowest BCUT2D eigenvalue weighted by atomic mass is 9.88. The molecule has 0 aromatic carbocycles. The topological polar surface area (TPSA) is 20.3 Å². The molecule has 2 unspecified atom stereocenters. The van der Waals surface area contributed by atoms with Crippen LogP contribution < -0.4 is 0 Å². The average Bonchev–Trinajstić information content (AvgIpc) is 2.03. The van der Waals surface area contributed by atoms with Gasteiger partial charge in [0.1, 0.15) is 6.29 Å². The molecule has 1 rings (SSSR count). The number of hydrogen-bond acceptors (Lipinski definition) is 2. The Labute approximate surface area is 74.9 Å².